The van der Waals surface area contributed by atoms with Crippen molar-refractivity contribution in [2.24, 2.45) is 4.99 Å². The fourth-order valence-electron chi connectivity index (χ4n) is 3.87. The molecule has 2 aliphatic rings. The number of nitrogens with one attached hydrogen (secondary N) is 2. The number of ether oxygens (including phenoxy) is 2. The van der Waals surface area contributed by atoms with Crippen LogP contribution in [0.1, 0.15) is 58.3 Å². The average Bonchev–Trinajstić information content (AvgIpc) is 2.92. The summed E-state index contributed by atoms with van der Waals surface area (Å²) in [5.41, 5.74) is 0.109. The highest BCUT2D eigenvalue weighted by molar-refractivity contribution is 14.0. The van der Waals surface area contributed by atoms with E-state index in [2.05, 4.69) is 36.6 Å². The Hall–Kier alpha value is -0.120. The van der Waals surface area contributed by atoms with Crippen LogP contribution in [0.3, 0.4) is 0 Å². The first-order valence-electron chi connectivity index (χ1n) is 10.6. The highest BCUT2D eigenvalue weighted by Gasteiger charge is 2.34. The Morgan fingerprint density at radius 3 is 2.37 bits per heavy atom. The molecular formula is C20H41IN4O2. The zero-order valence-electron chi connectivity index (χ0n) is 17.6. The summed E-state index contributed by atoms with van der Waals surface area (Å²) in [6.45, 7) is 6.98. The molecule has 7 heteroatoms. The van der Waals surface area contributed by atoms with Crippen molar-refractivity contribution >= 4 is 29.9 Å². The van der Waals surface area contributed by atoms with Crippen LogP contribution in [-0.2, 0) is 9.47 Å². The predicted octanol–water partition coefficient (Wildman–Crippen LogP) is 3.01. The van der Waals surface area contributed by atoms with E-state index in [4.69, 9.17) is 14.5 Å². The molecule has 27 heavy (non-hydrogen) atoms. The third kappa shape index (κ3) is 8.83. The Morgan fingerprint density at radius 1 is 1.11 bits per heavy atom. The van der Waals surface area contributed by atoms with E-state index in [-0.39, 0.29) is 29.5 Å². The average molecular weight is 496 g/mol. The van der Waals surface area contributed by atoms with Crippen LogP contribution in [0, 0.1) is 0 Å². The molecule has 0 spiro atoms. The lowest BCUT2D eigenvalue weighted by atomic mass is 9.89. The van der Waals surface area contributed by atoms with Crippen LogP contribution < -0.4 is 10.6 Å². The zero-order chi connectivity index (χ0) is 18.7. The number of aliphatic imine (C=N–C) groups is 1. The van der Waals surface area contributed by atoms with E-state index in [0.717, 1.165) is 58.3 Å². The van der Waals surface area contributed by atoms with Gasteiger partial charge in [0.2, 0.25) is 0 Å². The Labute approximate surface area is 183 Å². The fourth-order valence-corrected chi connectivity index (χ4v) is 3.87. The summed E-state index contributed by atoms with van der Waals surface area (Å²) in [6, 6.07) is 0. The minimum atomic E-state index is 0. The Bertz CT molecular complexity index is 407. The molecule has 0 bridgehead atoms. The Balaban J connectivity index is 0.00000364. The van der Waals surface area contributed by atoms with Crippen LogP contribution in [0.5, 0.6) is 0 Å². The van der Waals surface area contributed by atoms with Crippen LogP contribution >= 0.6 is 24.0 Å². The quantitative estimate of drug-likeness (QED) is 0.178. The molecule has 1 saturated carbocycles. The second-order valence-corrected chi connectivity index (χ2v) is 7.84. The fraction of sp³-hybridized carbons (Fsp3) is 0.950. The maximum atomic E-state index is 6.07. The second-order valence-electron chi connectivity index (χ2n) is 7.84. The van der Waals surface area contributed by atoms with Crippen molar-refractivity contribution in [1.29, 1.82) is 0 Å². The number of nitrogens with zero attached hydrogens (tertiary/aromatic N) is 2. The van der Waals surface area contributed by atoms with Gasteiger partial charge in [0.25, 0.3) is 0 Å². The van der Waals surface area contributed by atoms with Crippen molar-refractivity contribution in [3.05, 3.63) is 0 Å². The molecule has 160 valence electrons. The number of likely N-dealkylation sites (N-methyl/N-ethyl adjacent to an activating group) is 1. The maximum Gasteiger partial charge on any atom is 0.191 e. The molecule has 1 aliphatic carbocycles. The second kappa shape index (κ2) is 14.0. The molecule has 2 N–H and O–H groups in total. The van der Waals surface area contributed by atoms with Gasteiger partial charge in [-0.15, -0.1) is 24.0 Å². The minimum Gasteiger partial charge on any atom is -0.381 e. The molecule has 6 nitrogen and oxygen atoms in total. The van der Waals surface area contributed by atoms with Gasteiger partial charge < -0.3 is 25.0 Å². The van der Waals surface area contributed by atoms with E-state index in [1.165, 1.54) is 38.5 Å². The van der Waals surface area contributed by atoms with Gasteiger partial charge in [-0.3, -0.25) is 4.99 Å². The first kappa shape index (κ1) is 24.9. The number of hydrogen-bond donors (Lipinski definition) is 2. The normalized spacial score (nSPS) is 21.4. The van der Waals surface area contributed by atoms with E-state index < -0.39 is 0 Å². The van der Waals surface area contributed by atoms with Crippen molar-refractivity contribution in [3.63, 3.8) is 0 Å². The molecule has 1 aliphatic heterocycles. The van der Waals surface area contributed by atoms with Gasteiger partial charge >= 0.3 is 0 Å². The Morgan fingerprint density at radius 2 is 1.78 bits per heavy atom. The van der Waals surface area contributed by atoms with E-state index in [0.29, 0.717) is 6.10 Å². The van der Waals surface area contributed by atoms with E-state index in [9.17, 15) is 0 Å². The molecule has 0 aromatic carbocycles. The minimum absolute atomic E-state index is 0. The van der Waals surface area contributed by atoms with Gasteiger partial charge in [-0.1, -0.05) is 25.7 Å². The van der Waals surface area contributed by atoms with Crippen LogP contribution in [0.15, 0.2) is 4.99 Å². The van der Waals surface area contributed by atoms with Crippen molar-refractivity contribution in [2.45, 2.75) is 69.9 Å². The standard InChI is InChI=1S/C20H40N4O2.HI/c1-4-21-19(22-13-16-26-18-9-7-5-6-8-10-18)23-17-20(24(2)3)11-14-25-15-12-20;/h18H,4-17H2,1-3H3,(H2,21,22,23);1H. The lowest BCUT2D eigenvalue weighted by Crippen LogP contribution is -2.52. The van der Waals surface area contributed by atoms with E-state index >= 15 is 0 Å². The molecule has 1 saturated heterocycles. The zero-order valence-corrected chi connectivity index (χ0v) is 19.9. The van der Waals surface area contributed by atoms with Crippen molar-refractivity contribution in [2.75, 3.05) is 53.6 Å². The van der Waals surface area contributed by atoms with Crippen molar-refractivity contribution < 1.29 is 9.47 Å². The first-order valence-corrected chi connectivity index (χ1v) is 10.6. The van der Waals surface area contributed by atoms with Gasteiger partial charge in [-0.05, 0) is 46.7 Å². The van der Waals surface area contributed by atoms with Crippen molar-refractivity contribution in [3.8, 4) is 0 Å². The van der Waals surface area contributed by atoms with Gasteiger partial charge in [0.1, 0.15) is 0 Å². The number of hydrogen-bond acceptors (Lipinski definition) is 4. The molecule has 0 aromatic heterocycles. The van der Waals surface area contributed by atoms with Crippen LogP contribution in [-0.4, -0.2) is 76.1 Å². The lowest BCUT2D eigenvalue weighted by molar-refractivity contribution is -0.00255. The monoisotopic (exact) mass is 496 g/mol. The molecule has 0 unspecified atom stereocenters. The summed E-state index contributed by atoms with van der Waals surface area (Å²) in [7, 11) is 4.31. The highest BCUT2D eigenvalue weighted by atomic mass is 127. The van der Waals surface area contributed by atoms with Crippen molar-refractivity contribution in [1.82, 2.24) is 15.5 Å². The topological polar surface area (TPSA) is 58.1 Å². The summed E-state index contributed by atoms with van der Waals surface area (Å²) in [4.78, 5) is 7.19. The summed E-state index contributed by atoms with van der Waals surface area (Å²) in [5.74, 6) is 0.893. The smallest absolute Gasteiger partial charge is 0.191 e. The summed E-state index contributed by atoms with van der Waals surface area (Å²) >= 11 is 0. The molecular weight excluding hydrogens is 455 g/mol. The van der Waals surface area contributed by atoms with Gasteiger partial charge in [0.15, 0.2) is 5.96 Å². The van der Waals surface area contributed by atoms with E-state index in [1.54, 1.807) is 0 Å². The number of halogens is 1. The molecule has 2 fully saturated rings. The first-order chi connectivity index (χ1) is 12.7. The van der Waals surface area contributed by atoms with Gasteiger partial charge in [-0.2, -0.15) is 0 Å². The molecule has 2 rings (SSSR count). The summed E-state index contributed by atoms with van der Waals surface area (Å²) < 4.78 is 11.6. The largest absolute Gasteiger partial charge is 0.381 e. The molecule has 1 heterocycles. The molecule has 0 atom stereocenters. The maximum absolute atomic E-state index is 6.07. The van der Waals surface area contributed by atoms with Gasteiger partial charge in [-0.25, -0.2) is 0 Å². The summed E-state index contributed by atoms with van der Waals surface area (Å²) in [5, 5.41) is 6.80. The molecule has 0 aromatic rings. The third-order valence-corrected chi connectivity index (χ3v) is 5.80. The third-order valence-electron chi connectivity index (χ3n) is 5.80. The van der Waals surface area contributed by atoms with Crippen LogP contribution in [0.25, 0.3) is 0 Å². The SMILES string of the molecule is CCNC(=NCC1(N(C)C)CCOCC1)NCCOC1CCCCCC1.I. The highest BCUT2D eigenvalue weighted by Crippen LogP contribution is 2.26. The van der Waals surface area contributed by atoms with Gasteiger partial charge in [0, 0.05) is 31.8 Å². The van der Waals surface area contributed by atoms with Crippen LogP contribution in [0.2, 0.25) is 0 Å². The predicted molar refractivity (Wildman–Crippen MR) is 123 cm³/mol. The number of rotatable bonds is 8. The van der Waals surface area contributed by atoms with Crippen LogP contribution in [0.4, 0.5) is 0 Å². The Kier molecular flexibility index (Phi) is 12.9. The molecule has 0 radical (unpaired) electrons. The van der Waals surface area contributed by atoms with E-state index in [1.807, 2.05) is 0 Å². The molecule has 0 amide bonds. The summed E-state index contributed by atoms with van der Waals surface area (Å²) in [6.07, 6.45) is 10.3. The number of guanidine groups is 1. The lowest BCUT2D eigenvalue weighted by Gasteiger charge is -2.41. The van der Waals surface area contributed by atoms with Gasteiger partial charge in [0.05, 0.1) is 19.3 Å².